The monoisotopic (exact) mass is 433 g/mol. The van der Waals surface area contributed by atoms with Gasteiger partial charge in [0.25, 0.3) is 0 Å². The first kappa shape index (κ1) is 20.0. The Hall–Kier alpha value is -3.33. The van der Waals surface area contributed by atoms with Crippen LogP contribution in [0.2, 0.25) is 5.02 Å². The Morgan fingerprint density at radius 2 is 1.90 bits per heavy atom. The molecule has 0 saturated heterocycles. The Bertz CT molecular complexity index is 1190. The lowest BCUT2D eigenvalue weighted by molar-refractivity contribution is -0.145. The normalized spacial score (nSPS) is 11.6. The summed E-state index contributed by atoms with van der Waals surface area (Å²) in [5.41, 5.74) is 1.25. The van der Waals surface area contributed by atoms with E-state index in [9.17, 15) is 13.2 Å². The molecule has 0 radical (unpaired) electrons. The topological polar surface area (TPSA) is 64.9 Å². The molecular weight excluding hydrogens is 419 g/mol. The minimum Gasteiger partial charge on any atom is -0.497 e. The first-order valence-electron chi connectivity index (χ1n) is 8.80. The molecule has 2 aromatic heterocycles. The molecule has 1 N–H and O–H groups in total. The number of methoxy groups -OCH3 is 1. The van der Waals surface area contributed by atoms with Crippen LogP contribution in [0.15, 0.2) is 54.9 Å². The summed E-state index contributed by atoms with van der Waals surface area (Å²) >= 11 is 6.12. The molecule has 4 rings (SSSR count). The molecule has 2 aromatic carbocycles. The number of halogens is 4. The number of anilines is 1. The van der Waals surface area contributed by atoms with Crippen molar-refractivity contribution >= 4 is 28.5 Å². The highest BCUT2D eigenvalue weighted by Gasteiger charge is 2.38. The van der Waals surface area contributed by atoms with Gasteiger partial charge in [-0.15, -0.1) is 0 Å². The van der Waals surface area contributed by atoms with E-state index in [1.54, 1.807) is 12.1 Å². The average molecular weight is 434 g/mol. The predicted molar refractivity (Wildman–Crippen MR) is 107 cm³/mol. The quantitative estimate of drug-likeness (QED) is 0.474. The third kappa shape index (κ3) is 3.88. The lowest BCUT2D eigenvalue weighted by Gasteiger charge is -2.11. The van der Waals surface area contributed by atoms with Gasteiger partial charge < -0.3 is 10.1 Å². The van der Waals surface area contributed by atoms with Crippen LogP contribution in [0.4, 0.5) is 19.0 Å². The van der Waals surface area contributed by atoms with Gasteiger partial charge in [-0.05, 0) is 23.8 Å². The van der Waals surface area contributed by atoms with E-state index in [0.29, 0.717) is 23.1 Å². The second kappa shape index (κ2) is 7.83. The van der Waals surface area contributed by atoms with E-state index in [-0.39, 0.29) is 16.9 Å². The molecule has 4 aromatic rings. The maximum Gasteiger partial charge on any atom is 0.450 e. The molecule has 0 spiro atoms. The third-order valence-corrected chi connectivity index (χ3v) is 4.77. The molecule has 0 unspecified atom stereocenters. The van der Waals surface area contributed by atoms with Crippen LogP contribution in [0.5, 0.6) is 5.75 Å². The number of hydrogen-bond acceptors (Lipinski definition) is 5. The van der Waals surface area contributed by atoms with Crippen LogP contribution in [0.1, 0.15) is 11.4 Å². The summed E-state index contributed by atoms with van der Waals surface area (Å²) < 4.78 is 46.8. The molecule has 6 nitrogen and oxygen atoms in total. The van der Waals surface area contributed by atoms with Crippen LogP contribution in [0.25, 0.3) is 16.9 Å². The van der Waals surface area contributed by atoms with Crippen LogP contribution in [0.3, 0.4) is 0 Å². The number of benzene rings is 2. The number of hydrogen-bond donors (Lipinski definition) is 1. The standard InChI is InChI=1S/C20H15ClF3N5O/c1-30-13-6-7-16-15(8-13)28-19(20(22,23)24)29(16)18-11-26-17(10-27-18)25-9-12-4-2-3-5-14(12)21/h2-8,10-11H,9H2,1H3,(H,25,26). The molecule has 0 aliphatic heterocycles. The Kier molecular flexibility index (Phi) is 5.21. The van der Waals surface area contributed by atoms with E-state index in [4.69, 9.17) is 16.3 Å². The Balaban J connectivity index is 1.67. The predicted octanol–water partition coefficient (Wildman–Crippen LogP) is 5.11. The van der Waals surface area contributed by atoms with Crippen molar-refractivity contribution in [2.45, 2.75) is 12.7 Å². The van der Waals surface area contributed by atoms with Gasteiger partial charge in [-0.25, -0.2) is 15.0 Å². The van der Waals surface area contributed by atoms with Crippen LogP contribution >= 0.6 is 11.6 Å². The zero-order valence-electron chi connectivity index (χ0n) is 15.6. The Labute approximate surface area is 174 Å². The summed E-state index contributed by atoms with van der Waals surface area (Å²) in [5.74, 6) is -0.278. The average Bonchev–Trinajstić information content (AvgIpc) is 3.13. The van der Waals surface area contributed by atoms with Crippen molar-refractivity contribution in [1.29, 1.82) is 0 Å². The summed E-state index contributed by atoms with van der Waals surface area (Å²) in [6.45, 7) is 0.398. The van der Waals surface area contributed by atoms with Gasteiger partial charge >= 0.3 is 6.18 Å². The van der Waals surface area contributed by atoms with Crippen LogP contribution in [-0.4, -0.2) is 26.6 Å². The summed E-state index contributed by atoms with van der Waals surface area (Å²) in [5, 5.41) is 3.65. The highest BCUT2D eigenvalue weighted by atomic mass is 35.5. The molecule has 0 aliphatic rings. The third-order valence-electron chi connectivity index (χ3n) is 4.40. The lowest BCUT2D eigenvalue weighted by Crippen LogP contribution is -2.15. The molecule has 0 fully saturated rings. The van der Waals surface area contributed by atoms with Crippen molar-refractivity contribution < 1.29 is 17.9 Å². The summed E-state index contributed by atoms with van der Waals surface area (Å²) in [7, 11) is 1.43. The van der Waals surface area contributed by atoms with Crippen molar-refractivity contribution in [2.24, 2.45) is 0 Å². The van der Waals surface area contributed by atoms with Gasteiger partial charge in [0.05, 0.1) is 30.5 Å². The molecule has 30 heavy (non-hydrogen) atoms. The number of imidazole rings is 1. The Morgan fingerprint density at radius 1 is 1.10 bits per heavy atom. The molecule has 10 heteroatoms. The second-order valence-corrected chi connectivity index (χ2v) is 6.74. The van der Waals surface area contributed by atoms with E-state index >= 15 is 0 Å². The number of alkyl halides is 3. The number of nitrogens with one attached hydrogen (secondary N) is 1. The van der Waals surface area contributed by atoms with Gasteiger partial charge in [0.15, 0.2) is 5.82 Å². The highest BCUT2D eigenvalue weighted by Crippen LogP contribution is 2.34. The fourth-order valence-electron chi connectivity index (χ4n) is 2.96. The van der Waals surface area contributed by atoms with Gasteiger partial charge in [0.2, 0.25) is 5.82 Å². The zero-order chi connectivity index (χ0) is 21.3. The van der Waals surface area contributed by atoms with Gasteiger partial charge in [-0.3, -0.25) is 4.57 Å². The fraction of sp³-hybridized carbons (Fsp3) is 0.150. The summed E-state index contributed by atoms with van der Waals surface area (Å²) in [6, 6.07) is 11.8. The molecule has 0 bridgehead atoms. The number of nitrogens with zero attached hydrogens (tertiary/aromatic N) is 4. The minimum absolute atomic E-state index is 0.00159. The molecule has 0 aliphatic carbocycles. The fourth-order valence-corrected chi connectivity index (χ4v) is 3.17. The van der Waals surface area contributed by atoms with E-state index in [1.807, 2.05) is 18.2 Å². The van der Waals surface area contributed by atoms with Gasteiger partial charge in [-0.2, -0.15) is 13.2 Å². The molecule has 0 atom stereocenters. The lowest BCUT2D eigenvalue weighted by atomic mass is 10.2. The SMILES string of the molecule is COc1ccc2c(c1)nc(C(F)(F)F)n2-c1cnc(NCc2ccccc2Cl)cn1. The van der Waals surface area contributed by atoms with Crippen molar-refractivity contribution in [3.8, 4) is 11.6 Å². The van der Waals surface area contributed by atoms with E-state index in [1.165, 1.54) is 31.6 Å². The molecule has 0 saturated carbocycles. The second-order valence-electron chi connectivity index (χ2n) is 6.33. The molecule has 0 amide bonds. The molecule has 2 heterocycles. The van der Waals surface area contributed by atoms with Crippen molar-refractivity contribution in [2.75, 3.05) is 12.4 Å². The minimum atomic E-state index is -4.67. The zero-order valence-corrected chi connectivity index (χ0v) is 16.4. The maximum atomic E-state index is 13.6. The van der Waals surface area contributed by atoms with Crippen LogP contribution < -0.4 is 10.1 Å². The van der Waals surface area contributed by atoms with E-state index in [0.717, 1.165) is 10.1 Å². The van der Waals surface area contributed by atoms with Crippen molar-refractivity contribution in [3.05, 3.63) is 71.3 Å². The number of ether oxygens (including phenoxy) is 1. The van der Waals surface area contributed by atoms with Crippen LogP contribution in [0, 0.1) is 0 Å². The maximum absolute atomic E-state index is 13.6. The van der Waals surface area contributed by atoms with Gasteiger partial charge in [0, 0.05) is 17.6 Å². The summed E-state index contributed by atoms with van der Waals surface area (Å²) in [6.07, 6.45) is -2.05. The van der Waals surface area contributed by atoms with Crippen molar-refractivity contribution in [1.82, 2.24) is 19.5 Å². The molecular formula is C20H15ClF3N5O. The van der Waals surface area contributed by atoms with Gasteiger partial charge in [0.1, 0.15) is 11.6 Å². The Morgan fingerprint density at radius 3 is 2.57 bits per heavy atom. The van der Waals surface area contributed by atoms with Crippen LogP contribution in [-0.2, 0) is 12.7 Å². The number of aromatic nitrogens is 4. The molecule has 154 valence electrons. The first-order chi connectivity index (χ1) is 14.4. The van der Waals surface area contributed by atoms with E-state index in [2.05, 4.69) is 20.3 Å². The first-order valence-corrected chi connectivity index (χ1v) is 9.18. The van der Waals surface area contributed by atoms with E-state index < -0.39 is 12.0 Å². The number of rotatable bonds is 5. The smallest absolute Gasteiger partial charge is 0.450 e. The number of fused-ring (bicyclic) bond motifs is 1. The summed E-state index contributed by atoms with van der Waals surface area (Å²) in [4.78, 5) is 12.1. The van der Waals surface area contributed by atoms with Gasteiger partial charge in [-0.1, -0.05) is 29.8 Å². The highest BCUT2D eigenvalue weighted by molar-refractivity contribution is 6.31. The largest absolute Gasteiger partial charge is 0.497 e. The van der Waals surface area contributed by atoms with Crippen molar-refractivity contribution in [3.63, 3.8) is 0 Å².